The molecule has 1 aromatic heterocycles. The van der Waals surface area contributed by atoms with Crippen LogP contribution in [0.3, 0.4) is 0 Å². The zero-order valence-corrected chi connectivity index (χ0v) is 13.6. The summed E-state index contributed by atoms with van der Waals surface area (Å²) in [5.41, 5.74) is 7.18. The van der Waals surface area contributed by atoms with Gasteiger partial charge in [-0.05, 0) is 24.0 Å². The van der Waals surface area contributed by atoms with E-state index in [1.54, 1.807) is 11.8 Å². The minimum Gasteiger partial charge on any atom is -0.414 e. The lowest BCUT2D eigenvalue weighted by atomic mass is 10.2. The summed E-state index contributed by atoms with van der Waals surface area (Å²) in [7, 11) is 0. The van der Waals surface area contributed by atoms with Crippen LogP contribution >= 0.6 is 23.5 Å². The number of hydrogen-bond acceptors (Lipinski definition) is 6. The average molecular weight is 321 g/mol. The minimum absolute atomic E-state index is 0.167. The van der Waals surface area contributed by atoms with Crippen LogP contribution in [0.4, 0.5) is 0 Å². The van der Waals surface area contributed by atoms with Crippen LogP contribution in [0, 0.1) is 0 Å². The molecule has 0 saturated carbocycles. The standard InChI is InChI=1S/C15H19N3OS2/c1-20-11-9-13(16)14-17-18-15(19-14)21-10-5-8-12-6-3-2-4-7-12/h2-8,13H,9-11,16H2,1H3/b8-5+/t13-/m0/s1. The van der Waals surface area contributed by atoms with E-state index in [-0.39, 0.29) is 6.04 Å². The summed E-state index contributed by atoms with van der Waals surface area (Å²) in [5, 5.41) is 8.60. The van der Waals surface area contributed by atoms with Crippen molar-refractivity contribution in [3.05, 3.63) is 47.9 Å². The SMILES string of the molecule is CSCC[C@H](N)c1nnc(SC/C=C/c2ccccc2)o1. The zero-order chi connectivity index (χ0) is 14.9. The lowest BCUT2D eigenvalue weighted by Gasteiger charge is -2.03. The van der Waals surface area contributed by atoms with Gasteiger partial charge in [-0.25, -0.2) is 0 Å². The van der Waals surface area contributed by atoms with E-state index < -0.39 is 0 Å². The molecule has 0 bridgehead atoms. The Balaban J connectivity index is 1.79. The van der Waals surface area contributed by atoms with E-state index in [0.717, 1.165) is 17.9 Å². The zero-order valence-electron chi connectivity index (χ0n) is 11.9. The number of rotatable bonds is 8. The van der Waals surface area contributed by atoms with Crippen LogP contribution in [-0.2, 0) is 0 Å². The Labute approximate surface area is 133 Å². The maximum atomic E-state index is 5.99. The summed E-state index contributed by atoms with van der Waals surface area (Å²) < 4.78 is 5.57. The van der Waals surface area contributed by atoms with Gasteiger partial charge in [-0.2, -0.15) is 11.8 Å². The summed E-state index contributed by atoms with van der Waals surface area (Å²) >= 11 is 3.28. The van der Waals surface area contributed by atoms with Gasteiger partial charge in [0, 0.05) is 5.75 Å². The molecule has 2 aromatic rings. The molecule has 1 atom stereocenters. The maximum Gasteiger partial charge on any atom is 0.276 e. The van der Waals surface area contributed by atoms with Gasteiger partial charge in [-0.1, -0.05) is 54.2 Å². The van der Waals surface area contributed by atoms with Crippen LogP contribution in [0.5, 0.6) is 0 Å². The number of thioether (sulfide) groups is 2. The first kappa shape index (κ1) is 16.1. The van der Waals surface area contributed by atoms with Gasteiger partial charge in [0.05, 0.1) is 6.04 Å². The van der Waals surface area contributed by atoms with Crippen LogP contribution in [0.1, 0.15) is 23.9 Å². The molecule has 0 unspecified atom stereocenters. The smallest absolute Gasteiger partial charge is 0.276 e. The van der Waals surface area contributed by atoms with E-state index in [1.807, 2.05) is 18.2 Å². The highest BCUT2D eigenvalue weighted by atomic mass is 32.2. The highest BCUT2D eigenvalue weighted by Crippen LogP contribution is 2.21. The molecule has 0 amide bonds. The molecule has 0 radical (unpaired) electrons. The first-order chi connectivity index (χ1) is 10.3. The van der Waals surface area contributed by atoms with Gasteiger partial charge in [0.25, 0.3) is 5.22 Å². The summed E-state index contributed by atoms with van der Waals surface area (Å²) in [4.78, 5) is 0. The number of nitrogens with two attached hydrogens (primary N) is 1. The van der Waals surface area contributed by atoms with E-state index in [0.29, 0.717) is 11.1 Å². The molecule has 112 valence electrons. The summed E-state index contributed by atoms with van der Waals surface area (Å²) in [6.07, 6.45) is 7.06. The Kier molecular flexibility index (Phi) is 6.85. The van der Waals surface area contributed by atoms with Crippen molar-refractivity contribution >= 4 is 29.6 Å². The van der Waals surface area contributed by atoms with Crippen LogP contribution in [0.25, 0.3) is 6.08 Å². The minimum atomic E-state index is -0.167. The molecule has 21 heavy (non-hydrogen) atoms. The number of aromatic nitrogens is 2. The number of benzene rings is 1. The van der Waals surface area contributed by atoms with Gasteiger partial charge in [-0.15, -0.1) is 10.2 Å². The van der Waals surface area contributed by atoms with Gasteiger partial charge >= 0.3 is 0 Å². The van der Waals surface area contributed by atoms with Gasteiger partial charge in [0.15, 0.2) is 0 Å². The molecule has 1 aromatic carbocycles. The number of hydrogen-bond donors (Lipinski definition) is 1. The van der Waals surface area contributed by atoms with Crippen molar-refractivity contribution < 1.29 is 4.42 Å². The molecular weight excluding hydrogens is 302 g/mol. The third kappa shape index (κ3) is 5.57. The molecule has 1 heterocycles. The molecule has 0 fully saturated rings. The van der Waals surface area contributed by atoms with Crippen molar-refractivity contribution in [3.8, 4) is 0 Å². The Hall–Kier alpha value is -1.24. The van der Waals surface area contributed by atoms with Crippen molar-refractivity contribution in [1.82, 2.24) is 10.2 Å². The number of nitrogens with zero attached hydrogens (tertiary/aromatic N) is 2. The highest BCUT2D eigenvalue weighted by molar-refractivity contribution is 7.99. The van der Waals surface area contributed by atoms with Gasteiger partial charge < -0.3 is 10.2 Å². The lowest BCUT2D eigenvalue weighted by molar-refractivity contribution is 0.384. The van der Waals surface area contributed by atoms with Crippen molar-refractivity contribution in [2.45, 2.75) is 17.7 Å². The second-order valence-corrected chi connectivity index (χ2v) is 6.38. The fourth-order valence-electron chi connectivity index (χ4n) is 1.66. The predicted octanol–water partition coefficient (Wildman–Crippen LogP) is 3.63. The molecule has 0 spiro atoms. The Morgan fingerprint density at radius 2 is 2.10 bits per heavy atom. The fourth-order valence-corrected chi connectivity index (χ4v) is 2.73. The van der Waals surface area contributed by atoms with Crippen molar-refractivity contribution in [2.24, 2.45) is 5.73 Å². The van der Waals surface area contributed by atoms with Crippen molar-refractivity contribution in [2.75, 3.05) is 17.8 Å². The van der Waals surface area contributed by atoms with Crippen LogP contribution in [0.15, 0.2) is 46.0 Å². The summed E-state index contributed by atoms with van der Waals surface area (Å²) in [6, 6.07) is 10.0. The summed E-state index contributed by atoms with van der Waals surface area (Å²) in [5.74, 6) is 2.31. The first-order valence-electron chi connectivity index (χ1n) is 6.72. The molecule has 0 aliphatic heterocycles. The van der Waals surface area contributed by atoms with Crippen molar-refractivity contribution in [3.63, 3.8) is 0 Å². The Morgan fingerprint density at radius 3 is 2.86 bits per heavy atom. The quantitative estimate of drug-likeness (QED) is 0.749. The predicted molar refractivity (Wildman–Crippen MR) is 90.4 cm³/mol. The van der Waals surface area contributed by atoms with E-state index >= 15 is 0 Å². The van der Waals surface area contributed by atoms with Gasteiger partial charge in [-0.3, -0.25) is 0 Å². The topological polar surface area (TPSA) is 64.9 Å². The molecule has 0 saturated heterocycles. The third-order valence-electron chi connectivity index (χ3n) is 2.79. The Morgan fingerprint density at radius 1 is 1.29 bits per heavy atom. The fraction of sp³-hybridized carbons (Fsp3) is 0.333. The van der Waals surface area contributed by atoms with Crippen LogP contribution in [0.2, 0.25) is 0 Å². The first-order valence-corrected chi connectivity index (χ1v) is 9.10. The highest BCUT2D eigenvalue weighted by Gasteiger charge is 2.13. The van der Waals surface area contributed by atoms with E-state index in [4.69, 9.17) is 10.2 Å². The molecule has 2 N–H and O–H groups in total. The molecule has 6 heteroatoms. The van der Waals surface area contributed by atoms with Crippen LogP contribution < -0.4 is 5.73 Å². The normalized spacial score (nSPS) is 12.9. The molecule has 2 rings (SSSR count). The Bertz CT molecular complexity index is 557. The van der Waals surface area contributed by atoms with Crippen molar-refractivity contribution in [1.29, 1.82) is 0 Å². The molecule has 0 aliphatic rings. The van der Waals surface area contributed by atoms with Crippen LogP contribution in [-0.4, -0.2) is 28.0 Å². The monoisotopic (exact) mass is 321 g/mol. The second kappa shape index (κ2) is 8.92. The van der Waals surface area contributed by atoms with E-state index in [2.05, 4.69) is 40.7 Å². The molecule has 4 nitrogen and oxygen atoms in total. The molecular formula is C15H19N3OS2. The van der Waals surface area contributed by atoms with E-state index in [1.165, 1.54) is 17.3 Å². The lowest BCUT2D eigenvalue weighted by Crippen LogP contribution is -2.11. The largest absolute Gasteiger partial charge is 0.414 e. The maximum absolute atomic E-state index is 5.99. The average Bonchev–Trinajstić information content (AvgIpc) is 2.99. The third-order valence-corrected chi connectivity index (χ3v) is 4.20. The van der Waals surface area contributed by atoms with E-state index in [9.17, 15) is 0 Å². The molecule has 0 aliphatic carbocycles. The second-order valence-electron chi connectivity index (χ2n) is 4.42. The van der Waals surface area contributed by atoms with Gasteiger partial charge in [0.1, 0.15) is 0 Å². The van der Waals surface area contributed by atoms with Gasteiger partial charge in [0.2, 0.25) is 5.89 Å². The summed E-state index contributed by atoms with van der Waals surface area (Å²) in [6.45, 7) is 0.